The second-order valence-corrected chi connectivity index (χ2v) is 11.0. The van der Waals surface area contributed by atoms with Crippen molar-refractivity contribution in [2.45, 2.75) is 62.9 Å². The minimum absolute atomic E-state index is 0.0122. The van der Waals surface area contributed by atoms with Gasteiger partial charge in [0.15, 0.2) is 0 Å². The van der Waals surface area contributed by atoms with E-state index in [9.17, 15) is 9.18 Å². The summed E-state index contributed by atoms with van der Waals surface area (Å²) in [6.45, 7) is 4.90. The van der Waals surface area contributed by atoms with Gasteiger partial charge in [0.05, 0.1) is 38.5 Å². The van der Waals surface area contributed by atoms with Crippen molar-refractivity contribution < 1.29 is 13.7 Å². The molecule has 3 fully saturated rings. The van der Waals surface area contributed by atoms with Crippen LogP contribution in [0, 0.1) is 5.92 Å². The Balaban J connectivity index is 1.14. The number of carbonyl (C=O) groups is 1. The lowest BCUT2D eigenvalue weighted by atomic mass is 9.97. The number of fused-ring (bicyclic) bond motifs is 1. The molecule has 4 aliphatic rings. The molecule has 8 atom stereocenters. The molecule has 0 saturated carbocycles. The van der Waals surface area contributed by atoms with Crippen LogP contribution in [0.2, 0.25) is 0 Å². The van der Waals surface area contributed by atoms with Gasteiger partial charge in [0.25, 0.3) is 5.91 Å². The van der Waals surface area contributed by atoms with Crippen LogP contribution in [0.15, 0.2) is 36.5 Å². The third-order valence-electron chi connectivity index (χ3n) is 9.08. The molecule has 0 aromatic heterocycles. The van der Waals surface area contributed by atoms with Gasteiger partial charge in [0.2, 0.25) is 0 Å². The van der Waals surface area contributed by atoms with Gasteiger partial charge in [-0.05, 0) is 51.2 Å². The summed E-state index contributed by atoms with van der Waals surface area (Å²) in [4.78, 5) is 15.1. The summed E-state index contributed by atoms with van der Waals surface area (Å²) in [7, 11) is 4.34. The lowest BCUT2D eigenvalue weighted by molar-refractivity contribution is -0.968. The minimum atomic E-state index is -0.938. The van der Waals surface area contributed by atoms with Crippen LogP contribution in [0.3, 0.4) is 0 Å². The Morgan fingerprint density at radius 3 is 2.92 bits per heavy atom. The molecule has 4 heterocycles. The Morgan fingerprint density at radius 1 is 1.22 bits per heavy atom. The number of nitrogens with one attached hydrogen (secondary N) is 6. The molecule has 0 radical (unpaired) electrons. The van der Waals surface area contributed by atoms with Gasteiger partial charge in [0.1, 0.15) is 18.4 Å². The molecule has 9 nitrogen and oxygen atoms in total. The highest BCUT2D eigenvalue weighted by atomic mass is 19.1. The van der Waals surface area contributed by atoms with Crippen LogP contribution in [0.1, 0.15) is 36.5 Å². The summed E-state index contributed by atoms with van der Waals surface area (Å²) in [5, 5.41) is 13.3. The van der Waals surface area contributed by atoms with Gasteiger partial charge in [-0.25, -0.2) is 15.2 Å². The number of hydrogen-bond acceptors (Lipinski definition) is 7. The van der Waals surface area contributed by atoms with Crippen molar-refractivity contribution in [2.75, 3.05) is 45.6 Å². The number of nitrogens with zero attached hydrogens (tertiary/aromatic N) is 2. The molecule has 36 heavy (non-hydrogen) atoms. The van der Waals surface area contributed by atoms with E-state index in [4.69, 9.17) is 0 Å². The first-order valence-electron chi connectivity index (χ1n) is 13.4. The highest BCUT2D eigenvalue weighted by Gasteiger charge is 2.51. The average Bonchev–Trinajstić information content (AvgIpc) is 3.42. The molecule has 198 valence electrons. The van der Waals surface area contributed by atoms with E-state index in [-0.39, 0.29) is 24.2 Å². The number of quaternary nitrogens is 1. The van der Waals surface area contributed by atoms with Gasteiger partial charge in [-0.1, -0.05) is 12.1 Å². The molecular formula is C26H42FN8O+. The fraction of sp³-hybridized carbons (Fsp3) is 0.654. The minimum Gasteiger partial charge on any atom is -0.388 e. The van der Waals surface area contributed by atoms with Crippen molar-refractivity contribution in [2.24, 2.45) is 5.92 Å². The summed E-state index contributed by atoms with van der Waals surface area (Å²) >= 11 is 0. The fourth-order valence-corrected chi connectivity index (χ4v) is 6.48. The number of likely N-dealkylation sites (N-methyl/N-ethyl adjacent to an activating group) is 2. The molecule has 10 heteroatoms. The maximum atomic E-state index is 14.4. The summed E-state index contributed by atoms with van der Waals surface area (Å²) in [6.07, 6.45) is 6.88. The molecule has 0 aliphatic carbocycles. The molecule has 3 saturated heterocycles. The van der Waals surface area contributed by atoms with Gasteiger partial charge in [0, 0.05) is 36.7 Å². The maximum absolute atomic E-state index is 14.4. The number of halogens is 1. The van der Waals surface area contributed by atoms with Gasteiger partial charge in [-0.3, -0.25) is 15.0 Å². The van der Waals surface area contributed by atoms with E-state index >= 15 is 0 Å². The van der Waals surface area contributed by atoms with Crippen LogP contribution >= 0.6 is 0 Å². The topological polar surface area (TPSA) is 92.5 Å². The molecule has 1 amide bonds. The zero-order chi connectivity index (χ0) is 25.3. The molecule has 0 spiro atoms. The maximum Gasteiger partial charge on any atom is 0.251 e. The van der Waals surface area contributed by atoms with E-state index in [1.165, 1.54) is 19.3 Å². The van der Waals surface area contributed by atoms with Crippen LogP contribution in [-0.2, 0) is 0 Å². The van der Waals surface area contributed by atoms with Crippen LogP contribution < -0.4 is 32.1 Å². The van der Waals surface area contributed by atoms with Crippen LogP contribution in [0.4, 0.5) is 10.1 Å². The third kappa shape index (κ3) is 4.84. The second kappa shape index (κ2) is 10.6. The van der Waals surface area contributed by atoms with E-state index in [0.717, 1.165) is 16.7 Å². The Hall–Kier alpha value is -2.24. The van der Waals surface area contributed by atoms with Crippen molar-refractivity contribution in [3.8, 4) is 0 Å². The highest BCUT2D eigenvalue weighted by molar-refractivity contribution is 5.95. The first-order valence-corrected chi connectivity index (χ1v) is 13.4. The number of hydrazine groups is 1. The monoisotopic (exact) mass is 501 g/mol. The normalized spacial score (nSPS) is 38.4. The predicted octanol–water partition coefficient (Wildman–Crippen LogP) is 0.908. The molecule has 1 aromatic carbocycles. The van der Waals surface area contributed by atoms with Crippen molar-refractivity contribution in [3.05, 3.63) is 42.1 Å². The number of rotatable bonds is 7. The highest BCUT2D eigenvalue weighted by Crippen LogP contribution is 2.34. The molecule has 4 aliphatic heterocycles. The lowest BCUT2D eigenvalue weighted by Crippen LogP contribution is -2.64. The smallest absolute Gasteiger partial charge is 0.251 e. The fourth-order valence-electron chi connectivity index (χ4n) is 6.48. The number of carbonyl (C=O) groups excluding carboxylic acids is 1. The standard InChI is InChI=1S/C26H41FN8O/c1-17-6-4-9-24-30-13-20(35(17,24)3)14-31-26(36)18-7-5-8-19(12-18)29-16-23-32-33-25(34(23)2)21-10-11-28-15-22(21)27/h5,7-8,10-12,17,20-25,28-30,32-33H,4,6,9,13-16H2,1-3H3/p+1. The summed E-state index contributed by atoms with van der Waals surface area (Å²) in [5.41, 5.74) is 8.05. The van der Waals surface area contributed by atoms with E-state index in [1.54, 1.807) is 0 Å². The molecule has 1 aromatic rings. The second-order valence-electron chi connectivity index (χ2n) is 11.0. The molecule has 5 rings (SSSR count). The molecule has 8 unspecified atom stereocenters. The number of piperidine rings is 1. The van der Waals surface area contributed by atoms with E-state index in [0.29, 0.717) is 43.4 Å². The van der Waals surface area contributed by atoms with E-state index in [2.05, 4.69) is 51.0 Å². The summed E-state index contributed by atoms with van der Waals surface area (Å²) in [6, 6.07) is 8.63. The number of benzene rings is 1. The molecule has 6 N–H and O–H groups in total. The zero-order valence-corrected chi connectivity index (χ0v) is 21.6. The summed E-state index contributed by atoms with van der Waals surface area (Å²) < 4.78 is 15.4. The Labute approximate surface area is 213 Å². The van der Waals surface area contributed by atoms with Gasteiger partial charge >= 0.3 is 0 Å². The Bertz CT molecular complexity index is 962. The number of anilines is 1. The largest absolute Gasteiger partial charge is 0.388 e. The number of amides is 1. The first-order chi connectivity index (χ1) is 17.4. The Morgan fingerprint density at radius 2 is 2.08 bits per heavy atom. The zero-order valence-electron chi connectivity index (χ0n) is 21.6. The first kappa shape index (κ1) is 25.4. The van der Waals surface area contributed by atoms with Crippen molar-refractivity contribution in [1.29, 1.82) is 0 Å². The number of alkyl halides is 1. The quantitative estimate of drug-likeness (QED) is 0.310. The molecule has 0 bridgehead atoms. The lowest BCUT2D eigenvalue weighted by Gasteiger charge is -2.48. The van der Waals surface area contributed by atoms with Gasteiger partial charge < -0.3 is 20.4 Å². The number of hydrogen-bond donors (Lipinski definition) is 6. The van der Waals surface area contributed by atoms with Gasteiger partial charge in [-0.15, -0.1) is 0 Å². The summed E-state index contributed by atoms with van der Waals surface area (Å²) in [5.74, 6) is -0.258. The van der Waals surface area contributed by atoms with E-state index in [1.807, 2.05) is 43.6 Å². The molecular weight excluding hydrogens is 459 g/mol. The van der Waals surface area contributed by atoms with Crippen LogP contribution in [0.25, 0.3) is 0 Å². The SMILES string of the molecule is CC1CCCC2NCC(CNC(=O)c3cccc(NCC4NNC(C5C=CNCC5F)N4C)c3)[N+]12C. The third-order valence-corrected chi connectivity index (χ3v) is 9.08. The predicted molar refractivity (Wildman–Crippen MR) is 139 cm³/mol. The van der Waals surface area contributed by atoms with Crippen molar-refractivity contribution >= 4 is 11.6 Å². The van der Waals surface area contributed by atoms with Crippen molar-refractivity contribution in [1.82, 2.24) is 31.7 Å². The Kier molecular flexibility index (Phi) is 7.50. The van der Waals surface area contributed by atoms with Crippen LogP contribution in [-0.4, -0.2) is 92.3 Å². The van der Waals surface area contributed by atoms with Crippen molar-refractivity contribution in [3.63, 3.8) is 0 Å². The van der Waals surface area contributed by atoms with Crippen LogP contribution in [0.5, 0.6) is 0 Å². The van der Waals surface area contributed by atoms with E-state index < -0.39 is 6.17 Å². The average molecular weight is 502 g/mol. The van der Waals surface area contributed by atoms with Gasteiger partial charge in [-0.2, -0.15) is 0 Å².